The van der Waals surface area contributed by atoms with Crippen molar-refractivity contribution in [3.05, 3.63) is 29.3 Å². The molecule has 2 fully saturated rings. The van der Waals surface area contributed by atoms with Gasteiger partial charge >= 0.3 is 0 Å². The van der Waals surface area contributed by atoms with Gasteiger partial charge in [0.25, 0.3) is 5.91 Å². The average Bonchev–Trinajstić information content (AvgIpc) is 3.16. The van der Waals surface area contributed by atoms with Crippen molar-refractivity contribution in [3.63, 3.8) is 0 Å². The number of carbonyl (C=O) groups excluding carboxylic acids is 1. The van der Waals surface area contributed by atoms with E-state index >= 15 is 0 Å². The van der Waals surface area contributed by atoms with Crippen molar-refractivity contribution in [3.8, 4) is 0 Å². The lowest BCUT2D eigenvalue weighted by atomic mass is 9.77. The Labute approximate surface area is 126 Å². The molecular weight excluding hydrogens is 260 g/mol. The van der Waals surface area contributed by atoms with Crippen LogP contribution in [0.4, 0.5) is 5.69 Å². The normalized spacial score (nSPS) is 23.1. The summed E-state index contributed by atoms with van der Waals surface area (Å²) in [5, 5.41) is 3.35. The fourth-order valence-corrected chi connectivity index (χ4v) is 4.43. The molecule has 1 amide bonds. The van der Waals surface area contributed by atoms with E-state index < -0.39 is 0 Å². The number of amides is 1. The zero-order valence-corrected chi connectivity index (χ0v) is 12.7. The van der Waals surface area contributed by atoms with E-state index in [9.17, 15) is 4.79 Å². The first-order chi connectivity index (χ1) is 10.3. The summed E-state index contributed by atoms with van der Waals surface area (Å²) in [6.45, 7) is 2.90. The number of nitrogens with one attached hydrogen (secondary N) is 1. The first-order valence-electron chi connectivity index (χ1n) is 8.42. The summed E-state index contributed by atoms with van der Waals surface area (Å²) in [6, 6.07) is 6.15. The van der Waals surface area contributed by atoms with Crippen LogP contribution in [0.5, 0.6) is 0 Å². The predicted molar refractivity (Wildman–Crippen MR) is 84.7 cm³/mol. The number of fused-ring (bicyclic) bond motifs is 1. The highest BCUT2D eigenvalue weighted by Crippen LogP contribution is 2.46. The maximum Gasteiger partial charge on any atom is 0.253 e. The number of hydrogen-bond donors (Lipinski definition) is 1. The SMILES string of the molecule is O=C(c1ccc2c(c1)CCN2)N1CCC2(CCCC2)CC1. The van der Waals surface area contributed by atoms with Gasteiger partial charge in [0.2, 0.25) is 0 Å². The van der Waals surface area contributed by atoms with Crippen molar-refractivity contribution in [1.82, 2.24) is 4.90 Å². The summed E-state index contributed by atoms with van der Waals surface area (Å²) < 4.78 is 0. The average molecular weight is 284 g/mol. The van der Waals surface area contributed by atoms with E-state index in [1.807, 2.05) is 6.07 Å². The number of carbonyl (C=O) groups is 1. The third kappa shape index (κ3) is 2.33. The monoisotopic (exact) mass is 284 g/mol. The second kappa shape index (κ2) is 5.04. The number of likely N-dealkylation sites (tertiary alicyclic amines) is 1. The first kappa shape index (κ1) is 13.2. The molecule has 0 aromatic heterocycles. The van der Waals surface area contributed by atoms with Gasteiger partial charge in [-0.05, 0) is 61.3 Å². The summed E-state index contributed by atoms with van der Waals surface area (Å²) >= 11 is 0. The van der Waals surface area contributed by atoms with Gasteiger partial charge in [-0.25, -0.2) is 0 Å². The molecular formula is C18H24N2O. The molecule has 2 heterocycles. The number of piperidine rings is 1. The van der Waals surface area contributed by atoms with E-state index in [4.69, 9.17) is 0 Å². The lowest BCUT2D eigenvalue weighted by Gasteiger charge is -2.39. The molecule has 0 bridgehead atoms. The highest BCUT2D eigenvalue weighted by molar-refractivity contribution is 5.95. The van der Waals surface area contributed by atoms with Crippen LogP contribution in [-0.2, 0) is 6.42 Å². The number of hydrogen-bond acceptors (Lipinski definition) is 2. The number of nitrogens with zero attached hydrogens (tertiary/aromatic N) is 1. The van der Waals surface area contributed by atoms with Gasteiger partial charge < -0.3 is 10.2 Å². The van der Waals surface area contributed by atoms with E-state index in [0.29, 0.717) is 5.41 Å². The minimum absolute atomic E-state index is 0.234. The smallest absolute Gasteiger partial charge is 0.253 e. The van der Waals surface area contributed by atoms with Crippen molar-refractivity contribution in [2.75, 3.05) is 25.0 Å². The fourth-order valence-electron chi connectivity index (χ4n) is 4.43. The molecule has 0 atom stereocenters. The molecule has 3 nitrogen and oxygen atoms in total. The topological polar surface area (TPSA) is 32.3 Å². The lowest BCUT2D eigenvalue weighted by molar-refractivity contribution is 0.0587. The number of anilines is 1. The van der Waals surface area contributed by atoms with Gasteiger partial charge in [0.1, 0.15) is 0 Å². The number of rotatable bonds is 1. The molecule has 1 aliphatic carbocycles. The van der Waals surface area contributed by atoms with Crippen LogP contribution in [0.1, 0.15) is 54.4 Å². The van der Waals surface area contributed by atoms with E-state index in [1.54, 1.807) is 0 Å². The van der Waals surface area contributed by atoms with E-state index in [2.05, 4.69) is 22.3 Å². The standard InChI is InChI=1S/C18H24N2O/c21-17(15-3-4-16-14(13-15)5-10-19-16)20-11-8-18(9-12-20)6-1-2-7-18/h3-4,13,19H,1-2,5-12H2. The molecule has 2 aliphatic heterocycles. The van der Waals surface area contributed by atoms with Crippen LogP contribution in [0.25, 0.3) is 0 Å². The summed E-state index contributed by atoms with van der Waals surface area (Å²) in [7, 11) is 0. The molecule has 0 unspecified atom stereocenters. The molecule has 112 valence electrons. The molecule has 21 heavy (non-hydrogen) atoms. The third-order valence-electron chi connectivity index (χ3n) is 5.84. The molecule has 0 radical (unpaired) electrons. The number of benzene rings is 1. The van der Waals surface area contributed by atoms with Gasteiger partial charge in [0, 0.05) is 30.9 Å². The predicted octanol–water partition coefficient (Wildman–Crippen LogP) is 3.45. The van der Waals surface area contributed by atoms with Crippen molar-refractivity contribution >= 4 is 11.6 Å². The second-order valence-corrected chi connectivity index (χ2v) is 7.05. The van der Waals surface area contributed by atoms with Crippen molar-refractivity contribution in [2.24, 2.45) is 5.41 Å². The van der Waals surface area contributed by atoms with Crippen LogP contribution in [0.3, 0.4) is 0 Å². The molecule has 1 saturated carbocycles. The van der Waals surface area contributed by atoms with Gasteiger partial charge in [0.15, 0.2) is 0 Å². The molecule has 1 N–H and O–H groups in total. The van der Waals surface area contributed by atoms with E-state index in [-0.39, 0.29) is 5.91 Å². The van der Waals surface area contributed by atoms with Gasteiger partial charge in [-0.1, -0.05) is 12.8 Å². The Kier molecular flexibility index (Phi) is 3.16. The third-order valence-corrected chi connectivity index (χ3v) is 5.84. The van der Waals surface area contributed by atoms with Crippen LogP contribution in [0.15, 0.2) is 18.2 Å². The Balaban J connectivity index is 1.46. The second-order valence-electron chi connectivity index (χ2n) is 7.05. The Morgan fingerprint density at radius 2 is 1.86 bits per heavy atom. The van der Waals surface area contributed by atoms with Crippen LogP contribution in [-0.4, -0.2) is 30.4 Å². The molecule has 1 saturated heterocycles. The minimum atomic E-state index is 0.234. The van der Waals surface area contributed by atoms with Crippen LogP contribution in [0.2, 0.25) is 0 Å². The fraction of sp³-hybridized carbons (Fsp3) is 0.611. The summed E-state index contributed by atoms with van der Waals surface area (Å²) in [4.78, 5) is 14.8. The quantitative estimate of drug-likeness (QED) is 0.856. The molecule has 3 aliphatic rings. The van der Waals surface area contributed by atoms with Crippen molar-refractivity contribution < 1.29 is 4.79 Å². The van der Waals surface area contributed by atoms with E-state index in [0.717, 1.165) is 31.6 Å². The maximum absolute atomic E-state index is 12.7. The van der Waals surface area contributed by atoms with Crippen LogP contribution in [0, 0.1) is 5.41 Å². The largest absolute Gasteiger partial charge is 0.384 e. The van der Waals surface area contributed by atoms with Gasteiger partial charge in [-0.2, -0.15) is 0 Å². The van der Waals surface area contributed by atoms with Gasteiger partial charge in [0.05, 0.1) is 0 Å². The van der Waals surface area contributed by atoms with Gasteiger partial charge in [-0.15, -0.1) is 0 Å². The lowest BCUT2D eigenvalue weighted by Crippen LogP contribution is -2.42. The Hall–Kier alpha value is -1.51. The first-order valence-corrected chi connectivity index (χ1v) is 8.42. The van der Waals surface area contributed by atoms with E-state index in [1.165, 1.54) is 49.8 Å². The van der Waals surface area contributed by atoms with Gasteiger partial charge in [-0.3, -0.25) is 4.79 Å². The van der Waals surface area contributed by atoms with Crippen LogP contribution >= 0.6 is 0 Å². The molecule has 1 aromatic carbocycles. The minimum Gasteiger partial charge on any atom is -0.384 e. The Morgan fingerprint density at radius 1 is 1.10 bits per heavy atom. The summed E-state index contributed by atoms with van der Waals surface area (Å²) in [5.41, 5.74) is 3.96. The molecule has 1 aromatic rings. The Bertz CT molecular complexity index is 550. The highest BCUT2D eigenvalue weighted by Gasteiger charge is 2.38. The molecule has 4 rings (SSSR count). The molecule has 3 heteroatoms. The summed E-state index contributed by atoms with van der Waals surface area (Å²) in [6.07, 6.45) is 9.03. The maximum atomic E-state index is 12.7. The molecule has 1 spiro atoms. The zero-order valence-electron chi connectivity index (χ0n) is 12.7. The van der Waals surface area contributed by atoms with Crippen molar-refractivity contribution in [2.45, 2.75) is 44.9 Å². The highest BCUT2D eigenvalue weighted by atomic mass is 16.2. The Morgan fingerprint density at radius 3 is 2.62 bits per heavy atom. The van der Waals surface area contributed by atoms with Crippen LogP contribution < -0.4 is 5.32 Å². The zero-order chi connectivity index (χ0) is 14.3. The summed E-state index contributed by atoms with van der Waals surface area (Å²) in [5.74, 6) is 0.234. The van der Waals surface area contributed by atoms with Crippen molar-refractivity contribution in [1.29, 1.82) is 0 Å².